The molecule has 0 spiro atoms. The normalized spacial score (nSPS) is 10.7. The van der Waals surface area contributed by atoms with Gasteiger partial charge in [0.05, 0.1) is 0 Å². The first-order valence-electron chi connectivity index (χ1n) is 3.99. The van der Waals surface area contributed by atoms with Gasteiger partial charge in [0.25, 0.3) is 0 Å². The van der Waals surface area contributed by atoms with E-state index in [-0.39, 0.29) is 0 Å². The molecule has 0 saturated carbocycles. The minimum Gasteiger partial charge on any atom is -0.298 e. The van der Waals surface area contributed by atoms with Crippen molar-refractivity contribution in [3.63, 3.8) is 0 Å². The molecule has 0 aliphatic carbocycles. The third-order valence-corrected chi connectivity index (χ3v) is 4.23. The number of fused-ring (bicyclic) bond motifs is 1. The van der Waals surface area contributed by atoms with E-state index in [1.807, 2.05) is 12.3 Å². The fourth-order valence-corrected chi connectivity index (χ4v) is 3.51. The first kappa shape index (κ1) is 10.1. The molecule has 0 aliphatic rings. The van der Waals surface area contributed by atoms with E-state index >= 15 is 0 Å². The average molecular weight is 240 g/mol. The van der Waals surface area contributed by atoms with E-state index < -0.39 is 0 Å². The van der Waals surface area contributed by atoms with Gasteiger partial charge < -0.3 is 0 Å². The number of carbonyl (C=O) groups is 1. The molecule has 0 bridgehead atoms. The maximum absolute atomic E-state index is 10.8. The smallest absolute Gasteiger partial charge is 0.151 e. The number of rotatable bonds is 2. The third-order valence-electron chi connectivity index (χ3n) is 2.00. The molecule has 0 aliphatic heterocycles. The van der Waals surface area contributed by atoms with E-state index in [0.29, 0.717) is 0 Å². The summed E-state index contributed by atoms with van der Waals surface area (Å²) in [7, 11) is 0. The highest BCUT2D eigenvalue weighted by Gasteiger charge is 2.07. The molecule has 1 aromatic carbocycles. The number of hydrogen-bond donors (Lipinski definition) is 1. The Morgan fingerprint density at radius 1 is 1.50 bits per heavy atom. The predicted molar refractivity (Wildman–Crippen MR) is 66.2 cm³/mol. The zero-order valence-corrected chi connectivity index (χ0v) is 10.0. The lowest BCUT2D eigenvalue weighted by Crippen LogP contribution is -1.80. The molecule has 1 aromatic heterocycles. The summed E-state index contributed by atoms with van der Waals surface area (Å²) in [6.07, 6.45) is 2.93. The summed E-state index contributed by atoms with van der Waals surface area (Å²) in [5.41, 5.74) is 0.734. The molecular weight excluding hydrogens is 232 g/mol. The molecule has 1 heterocycles. The molecule has 0 fully saturated rings. The number of benzene rings is 1. The molecule has 2 rings (SSSR count). The van der Waals surface area contributed by atoms with Crippen LogP contribution in [0.15, 0.2) is 27.3 Å². The van der Waals surface area contributed by atoms with Gasteiger partial charge in [-0.15, -0.1) is 35.7 Å². The highest BCUT2D eigenvalue weighted by molar-refractivity contribution is 7.99. The monoisotopic (exact) mass is 240 g/mol. The highest BCUT2D eigenvalue weighted by Crippen LogP contribution is 2.35. The van der Waals surface area contributed by atoms with Gasteiger partial charge in [0.15, 0.2) is 6.29 Å². The zero-order chi connectivity index (χ0) is 10.1. The summed E-state index contributed by atoms with van der Waals surface area (Å²) < 4.78 is 1.06. The van der Waals surface area contributed by atoms with Gasteiger partial charge in [-0.1, -0.05) is 0 Å². The van der Waals surface area contributed by atoms with Crippen LogP contribution in [0.25, 0.3) is 10.1 Å². The van der Waals surface area contributed by atoms with Crippen molar-refractivity contribution in [1.82, 2.24) is 0 Å². The maximum Gasteiger partial charge on any atom is 0.151 e. The molecule has 14 heavy (non-hydrogen) atoms. The summed E-state index contributed by atoms with van der Waals surface area (Å²) in [4.78, 5) is 12.9. The summed E-state index contributed by atoms with van der Waals surface area (Å²) in [5, 5.41) is 3.22. The van der Waals surface area contributed by atoms with Gasteiger partial charge in [0, 0.05) is 30.8 Å². The Morgan fingerprint density at radius 2 is 2.29 bits per heavy atom. The second-order valence-corrected chi connectivity index (χ2v) is 5.08. The van der Waals surface area contributed by atoms with Crippen molar-refractivity contribution in [2.45, 2.75) is 9.79 Å². The van der Waals surface area contributed by atoms with Crippen LogP contribution in [0.3, 0.4) is 0 Å². The quantitative estimate of drug-likeness (QED) is 0.489. The Balaban J connectivity index is 2.83. The fraction of sp³-hybridized carbons (Fsp3) is 0.100. The lowest BCUT2D eigenvalue weighted by Gasteiger charge is -1.98. The Morgan fingerprint density at radius 3 is 2.93 bits per heavy atom. The van der Waals surface area contributed by atoms with Crippen molar-refractivity contribution < 1.29 is 4.79 Å². The Labute approximate surface area is 95.9 Å². The summed E-state index contributed by atoms with van der Waals surface area (Å²) >= 11 is 7.59. The van der Waals surface area contributed by atoms with Gasteiger partial charge in [0.2, 0.25) is 0 Å². The van der Waals surface area contributed by atoms with Crippen LogP contribution in [-0.4, -0.2) is 12.5 Å². The molecule has 0 amide bonds. The minimum atomic E-state index is 0.734. The largest absolute Gasteiger partial charge is 0.298 e. The third kappa shape index (κ3) is 1.58. The molecular formula is C10H8OS3. The van der Waals surface area contributed by atoms with E-state index in [1.54, 1.807) is 29.2 Å². The lowest BCUT2D eigenvalue weighted by molar-refractivity contribution is 0.112. The summed E-state index contributed by atoms with van der Waals surface area (Å²) in [5.74, 6) is 0. The van der Waals surface area contributed by atoms with Crippen LogP contribution in [0, 0.1) is 0 Å². The molecule has 0 saturated heterocycles. The van der Waals surface area contributed by atoms with E-state index in [9.17, 15) is 4.79 Å². The van der Waals surface area contributed by atoms with Crippen LogP contribution in [0.2, 0.25) is 0 Å². The van der Waals surface area contributed by atoms with Crippen LogP contribution in [-0.2, 0) is 0 Å². The van der Waals surface area contributed by atoms with Crippen molar-refractivity contribution >= 4 is 52.1 Å². The predicted octanol–water partition coefficient (Wildman–Crippen LogP) is 3.72. The standard InChI is InChI=1S/C10H8OS3/c1-13-9-5-14-10-6(4-11)2-7(12)3-8(9)10/h2-5,12H,1H3. The van der Waals surface area contributed by atoms with Crippen molar-refractivity contribution in [3.05, 3.63) is 23.1 Å². The van der Waals surface area contributed by atoms with Crippen molar-refractivity contribution in [1.29, 1.82) is 0 Å². The molecule has 4 heteroatoms. The van der Waals surface area contributed by atoms with E-state index in [0.717, 1.165) is 26.8 Å². The second-order valence-electron chi connectivity index (χ2n) is 2.83. The molecule has 0 N–H and O–H groups in total. The molecule has 0 radical (unpaired) electrons. The number of carbonyl (C=O) groups excluding carboxylic acids is 1. The fourth-order valence-electron chi connectivity index (χ4n) is 1.37. The molecule has 1 nitrogen and oxygen atoms in total. The van der Waals surface area contributed by atoms with Crippen LogP contribution in [0.1, 0.15) is 10.4 Å². The van der Waals surface area contributed by atoms with E-state index in [2.05, 4.69) is 18.0 Å². The van der Waals surface area contributed by atoms with Crippen LogP contribution >= 0.6 is 35.7 Å². The van der Waals surface area contributed by atoms with Crippen LogP contribution < -0.4 is 0 Å². The molecule has 0 atom stereocenters. The van der Waals surface area contributed by atoms with Gasteiger partial charge in [-0.25, -0.2) is 0 Å². The second kappa shape index (κ2) is 3.96. The van der Waals surface area contributed by atoms with Gasteiger partial charge in [0.1, 0.15) is 0 Å². The number of aldehydes is 1. The first-order valence-corrected chi connectivity index (χ1v) is 6.55. The van der Waals surface area contributed by atoms with Crippen molar-refractivity contribution in [3.8, 4) is 0 Å². The lowest BCUT2D eigenvalue weighted by atomic mass is 10.2. The van der Waals surface area contributed by atoms with Crippen molar-refractivity contribution in [2.75, 3.05) is 6.26 Å². The van der Waals surface area contributed by atoms with E-state index in [1.165, 1.54) is 4.90 Å². The highest BCUT2D eigenvalue weighted by atomic mass is 32.2. The SMILES string of the molecule is CSc1csc2c(C=O)cc(S)cc12. The van der Waals surface area contributed by atoms with Gasteiger partial charge in [-0.2, -0.15) is 0 Å². The summed E-state index contributed by atoms with van der Waals surface area (Å²) in [6.45, 7) is 0. The number of hydrogen-bond acceptors (Lipinski definition) is 4. The van der Waals surface area contributed by atoms with Crippen LogP contribution in [0.4, 0.5) is 0 Å². The summed E-state index contributed by atoms with van der Waals surface area (Å²) in [6, 6.07) is 3.81. The van der Waals surface area contributed by atoms with Gasteiger partial charge in [-0.05, 0) is 18.4 Å². The Kier molecular flexibility index (Phi) is 2.85. The van der Waals surface area contributed by atoms with E-state index in [4.69, 9.17) is 0 Å². The Hall–Kier alpha value is -0.450. The number of thioether (sulfide) groups is 1. The van der Waals surface area contributed by atoms with Crippen molar-refractivity contribution in [2.24, 2.45) is 0 Å². The Bertz CT molecular complexity index is 487. The first-order chi connectivity index (χ1) is 6.76. The molecule has 2 aromatic rings. The minimum absolute atomic E-state index is 0.734. The average Bonchev–Trinajstić information content (AvgIpc) is 2.59. The molecule has 72 valence electrons. The number of thiol groups is 1. The zero-order valence-electron chi connectivity index (χ0n) is 7.48. The number of thiophene rings is 1. The van der Waals surface area contributed by atoms with Crippen LogP contribution in [0.5, 0.6) is 0 Å². The topological polar surface area (TPSA) is 17.1 Å². The molecule has 0 unspecified atom stereocenters. The van der Waals surface area contributed by atoms with Gasteiger partial charge in [-0.3, -0.25) is 4.79 Å². The van der Waals surface area contributed by atoms with Gasteiger partial charge >= 0.3 is 0 Å². The maximum atomic E-state index is 10.8.